The summed E-state index contributed by atoms with van der Waals surface area (Å²) in [6.45, 7) is 10.3. The Labute approximate surface area is 227 Å². The van der Waals surface area contributed by atoms with Gasteiger partial charge in [0.15, 0.2) is 11.5 Å². The van der Waals surface area contributed by atoms with Gasteiger partial charge in [-0.05, 0) is 50.5 Å². The monoisotopic (exact) mass is 552 g/mol. The lowest BCUT2D eigenvalue weighted by atomic mass is 9.78. The molecule has 0 atom stereocenters. The number of ether oxygens (including phenoxy) is 2. The normalized spacial score (nSPS) is 11.9. The van der Waals surface area contributed by atoms with Crippen LogP contribution in [0.2, 0.25) is 10.0 Å². The molecule has 9 heteroatoms. The molecular weight excluding hydrogens is 523 g/mol. The molecule has 3 aromatic rings. The van der Waals surface area contributed by atoms with Crippen molar-refractivity contribution in [3.05, 3.63) is 69.4 Å². The van der Waals surface area contributed by atoms with E-state index < -0.39 is 11.7 Å². The third kappa shape index (κ3) is 7.31. The summed E-state index contributed by atoms with van der Waals surface area (Å²) in [5.41, 5.74) is 2.66. The summed E-state index contributed by atoms with van der Waals surface area (Å²) < 4.78 is 16.3. The van der Waals surface area contributed by atoms with Gasteiger partial charge >= 0.3 is 6.09 Å². The van der Waals surface area contributed by atoms with Gasteiger partial charge in [0, 0.05) is 22.9 Å². The summed E-state index contributed by atoms with van der Waals surface area (Å²) in [6, 6.07) is 13.6. The number of carbonyl (C=O) groups is 1. The number of rotatable bonds is 9. The van der Waals surface area contributed by atoms with Crippen molar-refractivity contribution in [2.75, 3.05) is 12.5 Å². The van der Waals surface area contributed by atoms with Crippen LogP contribution in [-0.2, 0) is 16.7 Å². The molecule has 36 heavy (non-hydrogen) atoms. The van der Waals surface area contributed by atoms with Crippen molar-refractivity contribution in [2.45, 2.75) is 58.6 Å². The van der Waals surface area contributed by atoms with Gasteiger partial charge < -0.3 is 19.3 Å². The Morgan fingerprint density at radius 2 is 1.64 bits per heavy atom. The largest absolute Gasteiger partial charge is 0.490 e. The molecule has 0 aliphatic carbocycles. The molecule has 0 radical (unpaired) electrons. The molecule has 3 rings (SSSR count). The summed E-state index contributed by atoms with van der Waals surface area (Å²) >= 11 is 18.7. The van der Waals surface area contributed by atoms with Crippen molar-refractivity contribution < 1.29 is 18.8 Å². The molecule has 0 saturated heterocycles. The molecule has 1 N–H and O–H groups in total. The number of amides is 1. The van der Waals surface area contributed by atoms with Crippen LogP contribution in [0.1, 0.15) is 57.9 Å². The first kappa shape index (κ1) is 28.2. The predicted molar refractivity (Wildman–Crippen MR) is 144 cm³/mol. The number of hydrogen-bond acceptors (Lipinski definition) is 5. The van der Waals surface area contributed by atoms with Crippen molar-refractivity contribution in [3.8, 4) is 17.0 Å². The minimum absolute atomic E-state index is 0.181. The van der Waals surface area contributed by atoms with Crippen LogP contribution in [0.4, 0.5) is 4.79 Å². The Balaban J connectivity index is 1.71. The summed E-state index contributed by atoms with van der Waals surface area (Å²) in [5.74, 6) is 1.51. The first-order valence-electron chi connectivity index (χ1n) is 11.6. The van der Waals surface area contributed by atoms with Crippen LogP contribution in [-0.4, -0.2) is 29.3 Å². The van der Waals surface area contributed by atoms with E-state index in [2.05, 4.69) is 24.3 Å². The maximum absolute atomic E-state index is 11.9. The molecule has 6 nitrogen and oxygen atoms in total. The van der Waals surface area contributed by atoms with E-state index in [4.69, 9.17) is 48.8 Å². The minimum atomic E-state index is -0.567. The second kappa shape index (κ2) is 11.8. The third-order valence-electron chi connectivity index (χ3n) is 5.51. The number of aromatic nitrogens is 1. The standard InChI is InChI=1S/C27H31Cl3N2O4/c1-26(2,3)35-25(33)31-16-20-15-23(32-36-20)17-7-9-18(10-8-17)27(4,5)19-13-21(29)24(22(30)14-19)34-12-6-11-28/h7-10,13-15H,6,11-12,16H2,1-5H3,(H,31,33). The van der Waals surface area contributed by atoms with Gasteiger partial charge in [-0.1, -0.05) is 66.5 Å². The predicted octanol–water partition coefficient (Wildman–Crippen LogP) is 8.01. The van der Waals surface area contributed by atoms with Crippen LogP contribution in [0.5, 0.6) is 5.75 Å². The van der Waals surface area contributed by atoms with Gasteiger partial charge in [0.05, 0.1) is 23.2 Å². The molecule has 1 aromatic heterocycles. The smallest absolute Gasteiger partial charge is 0.408 e. The molecule has 0 aliphatic heterocycles. The van der Waals surface area contributed by atoms with E-state index in [-0.39, 0.29) is 12.0 Å². The Kier molecular flexibility index (Phi) is 9.20. The zero-order valence-electron chi connectivity index (χ0n) is 21.1. The van der Waals surface area contributed by atoms with Gasteiger partial charge in [-0.15, -0.1) is 11.6 Å². The van der Waals surface area contributed by atoms with Gasteiger partial charge in [0.25, 0.3) is 0 Å². The molecule has 0 saturated carbocycles. The fourth-order valence-electron chi connectivity index (χ4n) is 3.52. The molecule has 0 spiro atoms. The van der Waals surface area contributed by atoms with Crippen molar-refractivity contribution in [1.29, 1.82) is 0 Å². The van der Waals surface area contributed by atoms with Crippen LogP contribution in [0.15, 0.2) is 47.0 Å². The highest BCUT2D eigenvalue weighted by molar-refractivity contribution is 6.37. The highest BCUT2D eigenvalue weighted by Crippen LogP contribution is 2.40. The van der Waals surface area contributed by atoms with Gasteiger partial charge in [-0.25, -0.2) is 4.79 Å². The molecule has 1 amide bonds. The molecule has 0 fully saturated rings. The third-order valence-corrected chi connectivity index (χ3v) is 6.34. The van der Waals surface area contributed by atoms with Crippen molar-refractivity contribution >= 4 is 40.9 Å². The Hall–Kier alpha value is -2.41. The summed E-state index contributed by atoms with van der Waals surface area (Å²) in [5, 5.41) is 7.72. The van der Waals surface area contributed by atoms with E-state index in [1.807, 2.05) is 36.4 Å². The van der Waals surface area contributed by atoms with Gasteiger partial charge in [-0.3, -0.25) is 0 Å². The number of hydrogen-bond donors (Lipinski definition) is 1. The Morgan fingerprint density at radius 3 is 2.22 bits per heavy atom. The summed E-state index contributed by atoms with van der Waals surface area (Å²) in [7, 11) is 0. The van der Waals surface area contributed by atoms with Crippen molar-refractivity contribution in [3.63, 3.8) is 0 Å². The van der Waals surface area contributed by atoms with Crippen molar-refractivity contribution in [2.24, 2.45) is 0 Å². The van der Waals surface area contributed by atoms with Crippen LogP contribution in [0, 0.1) is 0 Å². The topological polar surface area (TPSA) is 73.6 Å². The lowest BCUT2D eigenvalue weighted by Crippen LogP contribution is -2.32. The number of nitrogens with zero attached hydrogens (tertiary/aromatic N) is 1. The zero-order valence-corrected chi connectivity index (χ0v) is 23.4. The average molecular weight is 554 g/mol. The number of halogens is 3. The average Bonchev–Trinajstić information content (AvgIpc) is 3.27. The molecular formula is C27H31Cl3N2O4. The highest BCUT2D eigenvalue weighted by Gasteiger charge is 2.26. The van der Waals surface area contributed by atoms with Crippen molar-refractivity contribution in [1.82, 2.24) is 10.5 Å². The van der Waals surface area contributed by atoms with Gasteiger partial charge in [0.1, 0.15) is 11.3 Å². The number of carbonyl (C=O) groups excluding carboxylic acids is 1. The summed E-state index contributed by atoms with van der Waals surface area (Å²) in [4.78, 5) is 11.9. The molecule has 0 unspecified atom stereocenters. The van der Waals surface area contributed by atoms with Crippen LogP contribution in [0.3, 0.4) is 0 Å². The van der Waals surface area contributed by atoms with E-state index >= 15 is 0 Å². The van der Waals surface area contributed by atoms with E-state index in [0.717, 1.165) is 16.7 Å². The molecule has 2 aromatic carbocycles. The van der Waals surface area contributed by atoms with Crippen LogP contribution in [0.25, 0.3) is 11.3 Å². The number of alkyl halides is 1. The second-order valence-corrected chi connectivity index (χ2v) is 11.1. The van der Waals surface area contributed by atoms with Crippen LogP contribution < -0.4 is 10.1 Å². The number of nitrogens with one attached hydrogen (secondary N) is 1. The quantitative estimate of drug-likeness (QED) is 0.215. The Morgan fingerprint density at radius 1 is 1.00 bits per heavy atom. The number of benzene rings is 2. The Bertz CT molecular complexity index is 1160. The fraction of sp³-hybridized carbons (Fsp3) is 0.407. The second-order valence-electron chi connectivity index (χ2n) is 9.90. The molecule has 0 bridgehead atoms. The van der Waals surface area contributed by atoms with E-state index in [9.17, 15) is 4.79 Å². The maximum Gasteiger partial charge on any atom is 0.408 e. The first-order valence-corrected chi connectivity index (χ1v) is 12.9. The molecule has 1 heterocycles. The van der Waals surface area contributed by atoms with Crippen LogP contribution >= 0.6 is 34.8 Å². The number of alkyl carbamates (subject to hydrolysis) is 1. The maximum atomic E-state index is 11.9. The summed E-state index contributed by atoms with van der Waals surface area (Å²) in [6.07, 6.45) is 0.197. The highest BCUT2D eigenvalue weighted by atomic mass is 35.5. The fourth-order valence-corrected chi connectivity index (χ4v) is 4.22. The van der Waals surface area contributed by atoms with Gasteiger partial charge in [0.2, 0.25) is 0 Å². The van der Waals surface area contributed by atoms with Gasteiger partial charge in [-0.2, -0.15) is 0 Å². The first-order chi connectivity index (χ1) is 16.9. The lowest BCUT2D eigenvalue weighted by Gasteiger charge is -2.27. The minimum Gasteiger partial charge on any atom is -0.490 e. The van der Waals surface area contributed by atoms with E-state index in [0.29, 0.717) is 46.2 Å². The SMILES string of the molecule is CC(C)(C)OC(=O)NCc1cc(-c2ccc(C(C)(C)c3cc(Cl)c(OCCCCl)c(Cl)c3)cc2)no1. The molecule has 0 aliphatic rings. The zero-order chi connectivity index (χ0) is 26.5. The van der Waals surface area contributed by atoms with E-state index in [1.54, 1.807) is 26.8 Å². The lowest BCUT2D eigenvalue weighted by molar-refractivity contribution is 0.0519. The van der Waals surface area contributed by atoms with E-state index in [1.165, 1.54) is 0 Å². The molecule has 194 valence electrons.